The van der Waals surface area contributed by atoms with E-state index in [-0.39, 0.29) is 11.8 Å². The van der Waals surface area contributed by atoms with Crippen LogP contribution in [0.3, 0.4) is 0 Å². The van der Waals surface area contributed by atoms with Crippen molar-refractivity contribution in [2.45, 2.75) is 64.5 Å². The molecule has 4 N–H and O–H groups in total. The van der Waals surface area contributed by atoms with E-state index in [1.54, 1.807) is 0 Å². The van der Waals surface area contributed by atoms with Gasteiger partial charge in [-0.1, -0.05) is 49.9 Å². The number of guanidine groups is 1. The van der Waals surface area contributed by atoms with Gasteiger partial charge in [0.15, 0.2) is 5.96 Å². The second-order valence-electron chi connectivity index (χ2n) is 8.94. The lowest BCUT2D eigenvalue weighted by Gasteiger charge is -2.31. The van der Waals surface area contributed by atoms with Gasteiger partial charge in [-0.25, -0.2) is 0 Å². The molecule has 1 saturated heterocycles. The highest BCUT2D eigenvalue weighted by Crippen LogP contribution is 2.28. The van der Waals surface area contributed by atoms with Crippen molar-refractivity contribution in [1.82, 2.24) is 15.5 Å². The summed E-state index contributed by atoms with van der Waals surface area (Å²) in [7, 11) is 1.83. The van der Waals surface area contributed by atoms with Crippen LogP contribution < -0.4 is 16.4 Å². The Morgan fingerprint density at radius 2 is 1.97 bits per heavy atom. The summed E-state index contributed by atoms with van der Waals surface area (Å²) in [6, 6.07) is 8.66. The minimum atomic E-state index is -0.167. The summed E-state index contributed by atoms with van der Waals surface area (Å²) in [6.45, 7) is 4.40. The van der Waals surface area contributed by atoms with Gasteiger partial charge in [0.05, 0.1) is 5.92 Å². The molecule has 0 aromatic heterocycles. The van der Waals surface area contributed by atoms with E-state index in [9.17, 15) is 4.79 Å². The minimum absolute atomic E-state index is 0.00772. The van der Waals surface area contributed by atoms with E-state index in [2.05, 4.69) is 44.8 Å². The first-order valence-electron chi connectivity index (χ1n) is 11.7. The summed E-state index contributed by atoms with van der Waals surface area (Å²) >= 11 is 0. The van der Waals surface area contributed by atoms with E-state index in [4.69, 9.17) is 5.73 Å². The van der Waals surface area contributed by atoms with Crippen LogP contribution in [0.4, 0.5) is 0 Å². The Labute approximate surface area is 181 Å². The average molecular weight is 414 g/mol. The number of hydrogen-bond donors (Lipinski definition) is 3. The number of nitrogens with zero attached hydrogens (tertiary/aromatic N) is 2. The highest BCUT2D eigenvalue weighted by Gasteiger charge is 2.23. The fraction of sp³-hybridized carbons (Fsp3) is 0.667. The summed E-state index contributed by atoms with van der Waals surface area (Å²) in [5.74, 6) is 1.64. The van der Waals surface area contributed by atoms with E-state index >= 15 is 0 Å². The molecule has 1 aliphatic heterocycles. The highest BCUT2D eigenvalue weighted by atomic mass is 16.1. The Balaban J connectivity index is 1.40. The number of carbonyl (C=O) groups excluding carboxylic acids is 1. The third-order valence-corrected chi connectivity index (χ3v) is 6.55. The number of benzene rings is 1. The normalized spacial score (nSPS) is 21.0. The number of hydrogen-bond acceptors (Lipinski definition) is 3. The molecular weight excluding hydrogens is 374 g/mol. The molecule has 30 heavy (non-hydrogen) atoms. The summed E-state index contributed by atoms with van der Waals surface area (Å²) in [5.41, 5.74) is 8.03. The molecule has 3 rings (SSSR count). The zero-order valence-corrected chi connectivity index (χ0v) is 18.5. The molecule has 6 nitrogen and oxygen atoms in total. The van der Waals surface area contributed by atoms with Crippen molar-refractivity contribution in [1.29, 1.82) is 0 Å². The van der Waals surface area contributed by atoms with E-state index in [0.717, 1.165) is 57.4 Å². The second-order valence-corrected chi connectivity index (χ2v) is 8.94. The Kier molecular flexibility index (Phi) is 9.00. The molecule has 1 unspecified atom stereocenters. The lowest BCUT2D eigenvalue weighted by Crippen LogP contribution is -2.40. The van der Waals surface area contributed by atoms with Crippen LogP contribution in [0.25, 0.3) is 0 Å². The van der Waals surface area contributed by atoms with Crippen LogP contribution >= 0.6 is 0 Å². The lowest BCUT2D eigenvalue weighted by atomic mass is 9.97. The van der Waals surface area contributed by atoms with Gasteiger partial charge in [0, 0.05) is 33.2 Å². The maximum absolute atomic E-state index is 11.5. The van der Waals surface area contributed by atoms with Crippen LogP contribution in [0.15, 0.2) is 29.3 Å². The zero-order chi connectivity index (χ0) is 21.2. The van der Waals surface area contributed by atoms with Crippen molar-refractivity contribution >= 4 is 11.9 Å². The standard InChI is InChI=1S/C24H39N5O/c1-26-24(27-13-5-11-19-7-2-3-8-19)28-16-20-9-4-10-21(15-20)17-29-14-6-12-22(18-29)23(25)30/h4,9-10,15,19,22H,2-3,5-8,11-14,16-18H2,1H3,(H2,25,30)(H2,26,27,28). The van der Waals surface area contributed by atoms with Crippen molar-refractivity contribution in [3.63, 3.8) is 0 Å². The maximum atomic E-state index is 11.5. The molecule has 166 valence electrons. The van der Waals surface area contributed by atoms with E-state index in [0.29, 0.717) is 0 Å². The Hall–Kier alpha value is -2.08. The van der Waals surface area contributed by atoms with E-state index in [1.165, 1.54) is 49.7 Å². The largest absolute Gasteiger partial charge is 0.369 e. The Morgan fingerprint density at radius 3 is 2.73 bits per heavy atom. The molecule has 1 aromatic carbocycles. The fourth-order valence-corrected chi connectivity index (χ4v) is 4.83. The Bertz CT molecular complexity index is 699. The predicted octanol–water partition coefficient (Wildman–Crippen LogP) is 3.02. The molecule has 6 heteroatoms. The molecule has 1 aliphatic carbocycles. The van der Waals surface area contributed by atoms with Gasteiger partial charge in [-0.3, -0.25) is 14.7 Å². The van der Waals surface area contributed by atoms with E-state index < -0.39 is 0 Å². The summed E-state index contributed by atoms with van der Waals surface area (Å²) in [6.07, 6.45) is 10.2. The fourth-order valence-electron chi connectivity index (χ4n) is 4.83. The first-order chi connectivity index (χ1) is 14.6. The third kappa shape index (κ3) is 7.31. The molecule has 1 aromatic rings. The first kappa shape index (κ1) is 22.6. The molecule has 1 atom stereocenters. The van der Waals surface area contributed by atoms with Gasteiger partial charge >= 0.3 is 0 Å². The molecule has 1 saturated carbocycles. The number of likely N-dealkylation sites (tertiary alicyclic amines) is 1. The quantitative estimate of drug-likeness (QED) is 0.330. The van der Waals surface area contributed by atoms with Crippen LogP contribution in [0.1, 0.15) is 62.5 Å². The monoisotopic (exact) mass is 413 g/mol. The van der Waals surface area contributed by atoms with Crippen molar-refractivity contribution in [3.05, 3.63) is 35.4 Å². The van der Waals surface area contributed by atoms with Crippen LogP contribution in [-0.4, -0.2) is 43.4 Å². The third-order valence-electron chi connectivity index (χ3n) is 6.55. The number of primary amides is 1. The molecule has 0 radical (unpaired) electrons. The second kappa shape index (κ2) is 11.9. The predicted molar refractivity (Wildman–Crippen MR) is 123 cm³/mol. The van der Waals surface area contributed by atoms with Crippen LogP contribution in [-0.2, 0) is 17.9 Å². The number of carbonyl (C=O) groups is 1. The smallest absolute Gasteiger partial charge is 0.221 e. The van der Waals surface area contributed by atoms with Crippen LogP contribution in [0.5, 0.6) is 0 Å². The van der Waals surface area contributed by atoms with Crippen LogP contribution in [0, 0.1) is 11.8 Å². The van der Waals surface area contributed by atoms with Crippen molar-refractivity contribution in [2.24, 2.45) is 22.6 Å². The SMILES string of the molecule is CN=C(NCCCC1CCCC1)NCc1cccc(CN2CCCC(C(N)=O)C2)c1. The van der Waals surface area contributed by atoms with Gasteiger partial charge in [0.25, 0.3) is 0 Å². The maximum Gasteiger partial charge on any atom is 0.221 e. The number of amides is 1. The minimum Gasteiger partial charge on any atom is -0.369 e. The number of rotatable bonds is 9. The van der Waals surface area contributed by atoms with Crippen molar-refractivity contribution in [3.8, 4) is 0 Å². The van der Waals surface area contributed by atoms with Gasteiger partial charge in [0.1, 0.15) is 0 Å². The highest BCUT2D eigenvalue weighted by molar-refractivity contribution is 5.79. The average Bonchev–Trinajstić information content (AvgIpc) is 3.27. The van der Waals surface area contributed by atoms with Crippen molar-refractivity contribution in [2.75, 3.05) is 26.7 Å². The number of nitrogens with two attached hydrogens (primary N) is 1. The molecule has 2 fully saturated rings. The van der Waals surface area contributed by atoms with Gasteiger partial charge in [-0.15, -0.1) is 0 Å². The summed E-state index contributed by atoms with van der Waals surface area (Å²) in [5, 5.41) is 6.88. The molecule has 0 spiro atoms. The number of nitrogens with one attached hydrogen (secondary N) is 2. The van der Waals surface area contributed by atoms with Gasteiger partial charge < -0.3 is 16.4 Å². The Morgan fingerprint density at radius 1 is 1.17 bits per heavy atom. The van der Waals surface area contributed by atoms with Gasteiger partial charge in [0.2, 0.25) is 5.91 Å². The van der Waals surface area contributed by atoms with Gasteiger partial charge in [-0.05, 0) is 49.3 Å². The summed E-state index contributed by atoms with van der Waals surface area (Å²) in [4.78, 5) is 18.2. The zero-order valence-electron chi connectivity index (χ0n) is 18.5. The number of piperidine rings is 1. The number of aliphatic imine (C=N–C) groups is 1. The summed E-state index contributed by atoms with van der Waals surface area (Å²) < 4.78 is 0. The van der Waals surface area contributed by atoms with E-state index in [1.807, 2.05) is 7.05 Å². The van der Waals surface area contributed by atoms with Gasteiger partial charge in [-0.2, -0.15) is 0 Å². The first-order valence-corrected chi connectivity index (χ1v) is 11.7. The lowest BCUT2D eigenvalue weighted by molar-refractivity contribution is -0.123. The molecule has 1 heterocycles. The molecular formula is C24H39N5O. The van der Waals surface area contributed by atoms with Crippen LogP contribution in [0.2, 0.25) is 0 Å². The van der Waals surface area contributed by atoms with Crippen molar-refractivity contribution < 1.29 is 4.79 Å². The molecule has 0 bridgehead atoms. The topological polar surface area (TPSA) is 82.8 Å². The molecule has 2 aliphatic rings. The molecule has 1 amide bonds.